The van der Waals surface area contributed by atoms with Crippen LogP contribution >= 0.6 is 27.5 Å². The molecular formula is C13H13BrClN3. The van der Waals surface area contributed by atoms with Crippen LogP contribution in [0.25, 0.3) is 0 Å². The highest BCUT2D eigenvalue weighted by Gasteiger charge is 2.08. The van der Waals surface area contributed by atoms with E-state index < -0.39 is 0 Å². The fourth-order valence-electron chi connectivity index (χ4n) is 1.75. The van der Waals surface area contributed by atoms with E-state index >= 15 is 0 Å². The van der Waals surface area contributed by atoms with E-state index in [1.807, 2.05) is 42.3 Å². The van der Waals surface area contributed by atoms with Gasteiger partial charge in [0.2, 0.25) is 0 Å². The molecule has 1 heterocycles. The lowest BCUT2D eigenvalue weighted by atomic mass is 10.2. The van der Waals surface area contributed by atoms with Gasteiger partial charge in [0.1, 0.15) is 0 Å². The lowest BCUT2D eigenvalue weighted by Crippen LogP contribution is -2.19. The van der Waals surface area contributed by atoms with Gasteiger partial charge in [-0.2, -0.15) is 0 Å². The second-order valence-corrected chi connectivity index (χ2v) is 5.40. The van der Waals surface area contributed by atoms with Crippen molar-refractivity contribution >= 4 is 39.0 Å². The van der Waals surface area contributed by atoms with Crippen LogP contribution in [0.15, 0.2) is 41.0 Å². The number of aromatic nitrogens is 1. The van der Waals surface area contributed by atoms with Crippen molar-refractivity contribution in [3.05, 3.63) is 51.6 Å². The smallest absolute Gasteiger partial charge is 0.151 e. The van der Waals surface area contributed by atoms with Crippen LogP contribution in [0.3, 0.4) is 0 Å². The Morgan fingerprint density at radius 2 is 2.17 bits per heavy atom. The van der Waals surface area contributed by atoms with E-state index in [9.17, 15) is 0 Å². The van der Waals surface area contributed by atoms with E-state index in [1.165, 1.54) is 0 Å². The molecule has 0 saturated carbocycles. The zero-order chi connectivity index (χ0) is 13.1. The molecule has 3 nitrogen and oxygen atoms in total. The van der Waals surface area contributed by atoms with Crippen LogP contribution in [-0.4, -0.2) is 12.0 Å². The van der Waals surface area contributed by atoms with Crippen molar-refractivity contribution in [2.75, 3.05) is 17.7 Å². The summed E-state index contributed by atoms with van der Waals surface area (Å²) >= 11 is 9.30. The van der Waals surface area contributed by atoms with Crippen molar-refractivity contribution in [2.24, 2.45) is 0 Å². The molecule has 0 atom stereocenters. The highest BCUT2D eigenvalue weighted by Crippen LogP contribution is 2.24. The van der Waals surface area contributed by atoms with Crippen molar-refractivity contribution in [3.8, 4) is 0 Å². The van der Waals surface area contributed by atoms with Crippen LogP contribution in [0.1, 0.15) is 5.56 Å². The van der Waals surface area contributed by atoms with Crippen molar-refractivity contribution < 1.29 is 0 Å². The van der Waals surface area contributed by atoms with Crippen LogP contribution in [0.2, 0.25) is 5.02 Å². The van der Waals surface area contributed by atoms with Gasteiger partial charge in [-0.1, -0.05) is 23.7 Å². The van der Waals surface area contributed by atoms with Gasteiger partial charge in [0.05, 0.1) is 5.69 Å². The van der Waals surface area contributed by atoms with Crippen molar-refractivity contribution in [2.45, 2.75) is 6.54 Å². The van der Waals surface area contributed by atoms with Gasteiger partial charge in [-0.3, -0.25) is 0 Å². The molecule has 0 unspecified atom stereocenters. The molecule has 2 rings (SSSR count). The molecule has 2 aromatic rings. The molecule has 1 aromatic carbocycles. The summed E-state index contributed by atoms with van der Waals surface area (Å²) in [5.74, 6) is 0.762. The maximum absolute atomic E-state index is 5.96. The van der Waals surface area contributed by atoms with Gasteiger partial charge in [-0.25, -0.2) is 4.98 Å². The highest BCUT2D eigenvalue weighted by molar-refractivity contribution is 9.10. The molecule has 0 spiro atoms. The minimum atomic E-state index is 0.647. The quantitative estimate of drug-likeness (QED) is 0.935. The second-order valence-electron chi connectivity index (χ2n) is 4.05. The molecule has 1 aromatic heterocycles. The number of hydrogen-bond acceptors (Lipinski definition) is 3. The first-order chi connectivity index (χ1) is 8.56. The van der Waals surface area contributed by atoms with Crippen molar-refractivity contribution in [3.63, 3.8) is 0 Å². The van der Waals surface area contributed by atoms with Crippen LogP contribution in [0.5, 0.6) is 0 Å². The van der Waals surface area contributed by atoms with Crippen molar-refractivity contribution in [1.82, 2.24) is 4.98 Å². The lowest BCUT2D eigenvalue weighted by Gasteiger charge is -2.20. The molecule has 0 aliphatic rings. The van der Waals surface area contributed by atoms with Gasteiger partial charge < -0.3 is 10.6 Å². The highest BCUT2D eigenvalue weighted by atomic mass is 79.9. The van der Waals surface area contributed by atoms with Crippen LogP contribution in [0.4, 0.5) is 11.5 Å². The fourth-order valence-corrected chi connectivity index (χ4v) is 2.31. The maximum atomic E-state index is 5.96. The van der Waals surface area contributed by atoms with E-state index in [1.54, 1.807) is 6.20 Å². The minimum Gasteiger partial charge on any atom is -0.396 e. The molecule has 0 aliphatic heterocycles. The Morgan fingerprint density at radius 3 is 2.83 bits per heavy atom. The molecule has 18 heavy (non-hydrogen) atoms. The summed E-state index contributed by atoms with van der Waals surface area (Å²) in [5, 5.41) is 0.734. The summed E-state index contributed by atoms with van der Waals surface area (Å²) < 4.78 is 0.875. The third-order valence-corrected chi connectivity index (χ3v) is 3.20. The molecule has 0 aliphatic carbocycles. The Hall–Kier alpha value is -1.26. The molecule has 0 saturated heterocycles. The van der Waals surface area contributed by atoms with Crippen LogP contribution < -0.4 is 10.6 Å². The summed E-state index contributed by atoms with van der Waals surface area (Å²) in [7, 11) is 1.95. The monoisotopic (exact) mass is 325 g/mol. The topological polar surface area (TPSA) is 42.2 Å². The SMILES string of the molecule is CN(Cc1cccc(Cl)c1)c1ncc(Br)cc1N. The first kappa shape index (κ1) is 13.2. The summed E-state index contributed by atoms with van der Waals surface area (Å²) in [5.41, 5.74) is 7.71. The zero-order valence-electron chi connectivity index (χ0n) is 9.90. The number of anilines is 2. The van der Waals surface area contributed by atoms with Gasteiger partial charge in [0, 0.05) is 29.3 Å². The van der Waals surface area contributed by atoms with E-state index in [4.69, 9.17) is 17.3 Å². The number of nitrogens with zero attached hydrogens (tertiary/aromatic N) is 2. The third kappa shape index (κ3) is 3.15. The van der Waals surface area contributed by atoms with E-state index in [0.717, 1.165) is 20.9 Å². The lowest BCUT2D eigenvalue weighted by molar-refractivity contribution is 0.899. The number of rotatable bonds is 3. The number of nitrogen functional groups attached to an aromatic ring is 1. The summed E-state index contributed by atoms with van der Waals surface area (Å²) in [6, 6.07) is 9.60. The average Bonchev–Trinajstić information content (AvgIpc) is 2.28. The summed E-state index contributed by atoms with van der Waals surface area (Å²) in [4.78, 5) is 6.31. The molecule has 0 fully saturated rings. The summed E-state index contributed by atoms with van der Waals surface area (Å²) in [6.45, 7) is 0.708. The maximum Gasteiger partial charge on any atom is 0.151 e. The number of pyridine rings is 1. The Bertz CT molecular complexity index is 560. The molecule has 94 valence electrons. The van der Waals surface area contributed by atoms with Gasteiger partial charge in [0.15, 0.2) is 5.82 Å². The van der Waals surface area contributed by atoms with E-state index in [-0.39, 0.29) is 0 Å². The molecular weight excluding hydrogens is 314 g/mol. The molecule has 2 N–H and O–H groups in total. The van der Waals surface area contributed by atoms with Gasteiger partial charge in [0.25, 0.3) is 0 Å². The van der Waals surface area contributed by atoms with Crippen LogP contribution in [0, 0.1) is 0 Å². The number of nitrogens with two attached hydrogens (primary N) is 1. The number of hydrogen-bond donors (Lipinski definition) is 1. The van der Waals surface area contributed by atoms with E-state index in [2.05, 4.69) is 20.9 Å². The first-order valence-electron chi connectivity index (χ1n) is 5.43. The van der Waals surface area contributed by atoms with Gasteiger partial charge in [-0.05, 0) is 39.7 Å². The Kier molecular flexibility index (Phi) is 4.09. The number of benzene rings is 1. The minimum absolute atomic E-state index is 0.647. The van der Waals surface area contributed by atoms with E-state index in [0.29, 0.717) is 12.2 Å². The Morgan fingerprint density at radius 1 is 1.39 bits per heavy atom. The second kappa shape index (κ2) is 5.59. The van der Waals surface area contributed by atoms with Gasteiger partial charge in [-0.15, -0.1) is 0 Å². The molecule has 0 amide bonds. The van der Waals surface area contributed by atoms with Crippen LogP contribution in [-0.2, 0) is 6.54 Å². The first-order valence-corrected chi connectivity index (χ1v) is 6.60. The van der Waals surface area contributed by atoms with Gasteiger partial charge >= 0.3 is 0 Å². The predicted molar refractivity (Wildman–Crippen MR) is 79.9 cm³/mol. The Labute approximate surface area is 120 Å². The average molecular weight is 327 g/mol. The normalized spacial score (nSPS) is 10.4. The fraction of sp³-hybridized carbons (Fsp3) is 0.154. The third-order valence-electron chi connectivity index (χ3n) is 2.53. The molecule has 5 heteroatoms. The zero-order valence-corrected chi connectivity index (χ0v) is 12.2. The largest absolute Gasteiger partial charge is 0.396 e. The Balaban J connectivity index is 2.19. The molecule has 0 radical (unpaired) electrons. The summed E-state index contributed by atoms with van der Waals surface area (Å²) in [6.07, 6.45) is 1.74. The predicted octanol–water partition coefficient (Wildman–Crippen LogP) is 3.72. The standard InChI is InChI=1S/C13H13BrClN3/c1-18(8-9-3-2-4-11(15)5-9)13-12(16)6-10(14)7-17-13/h2-7H,8,16H2,1H3. The molecule has 0 bridgehead atoms. The number of halogens is 2. The van der Waals surface area contributed by atoms with Crippen molar-refractivity contribution in [1.29, 1.82) is 0 Å².